The monoisotopic (exact) mass is 299 g/mol. The molecule has 2 aromatic carbocycles. The number of benzene rings is 2. The number of nitrogen functional groups attached to an aromatic ring is 1. The van der Waals surface area contributed by atoms with Gasteiger partial charge in [-0.15, -0.1) is 0 Å². The van der Waals surface area contributed by atoms with Crippen molar-refractivity contribution in [2.45, 2.75) is 0 Å². The molecule has 0 aliphatic rings. The first kappa shape index (κ1) is 13.9. The molecule has 3 aromatic rings. The molecule has 110 valence electrons. The zero-order chi connectivity index (χ0) is 15.7. The molecule has 1 aromatic heterocycles. The van der Waals surface area contributed by atoms with Crippen LogP contribution < -0.4 is 5.73 Å². The van der Waals surface area contributed by atoms with Crippen LogP contribution in [0.25, 0.3) is 22.5 Å². The Bertz CT molecular complexity index is 835. The molecule has 22 heavy (non-hydrogen) atoms. The molecule has 0 atom stereocenters. The van der Waals surface area contributed by atoms with E-state index in [0.717, 1.165) is 12.1 Å². The molecular formula is C16H11F2N3O. The van der Waals surface area contributed by atoms with Gasteiger partial charge in [0.15, 0.2) is 0 Å². The van der Waals surface area contributed by atoms with Crippen LogP contribution in [0.1, 0.15) is 0 Å². The van der Waals surface area contributed by atoms with Crippen LogP contribution in [-0.2, 0) is 0 Å². The lowest BCUT2D eigenvalue weighted by atomic mass is 10.1. The highest BCUT2D eigenvalue weighted by Crippen LogP contribution is 2.31. The molecule has 6 heteroatoms. The van der Waals surface area contributed by atoms with E-state index in [1.165, 1.54) is 18.2 Å². The number of anilines is 1. The molecule has 3 rings (SSSR count). The second-order valence-electron chi connectivity index (χ2n) is 4.66. The maximum atomic E-state index is 13.4. The minimum Gasteiger partial charge on any atom is -0.507 e. The Kier molecular flexibility index (Phi) is 3.42. The second-order valence-corrected chi connectivity index (χ2v) is 4.66. The van der Waals surface area contributed by atoms with Gasteiger partial charge in [-0.2, -0.15) is 0 Å². The van der Waals surface area contributed by atoms with E-state index >= 15 is 0 Å². The van der Waals surface area contributed by atoms with Gasteiger partial charge < -0.3 is 10.8 Å². The summed E-state index contributed by atoms with van der Waals surface area (Å²) in [6.07, 6.45) is 0. The largest absolute Gasteiger partial charge is 0.507 e. The Morgan fingerprint density at radius 3 is 2.18 bits per heavy atom. The molecule has 0 aliphatic carbocycles. The van der Waals surface area contributed by atoms with Crippen LogP contribution in [0, 0.1) is 11.6 Å². The average Bonchev–Trinajstić information content (AvgIpc) is 2.50. The fraction of sp³-hybridized carbons (Fsp3) is 0. The van der Waals surface area contributed by atoms with Crippen molar-refractivity contribution in [2.24, 2.45) is 0 Å². The third-order valence-corrected chi connectivity index (χ3v) is 3.12. The van der Waals surface area contributed by atoms with Crippen molar-refractivity contribution in [1.82, 2.24) is 9.97 Å². The van der Waals surface area contributed by atoms with E-state index in [0.29, 0.717) is 11.3 Å². The molecule has 0 saturated carbocycles. The molecule has 0 unspecified atom stereocenters. The quantitative estimate of drug-likeness (QED) is 0.761. The SMILES string of the molecule is Nc1nc(-c2ccc(F)cc2)cc(-c2cc(F)ccc2O)n1. The number of hydrogen-bond donors (Lipinski definition) is 2. The third-order valence-electron chi connectivity index (χ3n) is 3.12. The number of nitrogens with two attached hydrogens (primary N) is 1. The van der Waals surface area contributed by atoms with Gasteiger partial charge in [0.2, 0.25) is 5.95 Å². The molecule has 0 amide bonds. The molecule has 4 nitrogen and oxygen atoms in total. The van der Waals surface area contributed by atoms with Crippen molar-refractivity contribution in [3.8, 4) is 28.3 Å². The lowest BCUT2D eigenvalue weighted by Crippen LogP contribution is -1.99. The van der Waals surface area contributed by atoms with Crippen LogP contribution in [0.15, 0.2) is 48.5 Å². The van der Waals surface area contributed by atoms with Gasteiger partial charge in [-0.3, -0.25) is 0 Å². The zero-order valence-electron chi connectivity index (χ0n) is 11.3. The number of hydrogen-bond acceptors (Lipinski definition) is 4. The van der Waals surface area contributed by atoms with Crippen LogP contribution in [0.5, 0.6) is 5.75 Å². The van der Waals surface area contributed by atoms with Crippen LogP contribution in [-0.4, -0.2) is 15.1 Å². The van der Waals surface area contributed by atoms with E-state index < -0.39 is 5.82 Å². The second kappa shape index (κ2) is 5.40. The molecule has 0 fully saturated rings. The van der Waals surface area contributed by atoms with Gasteiger partial charge in [0.1, 0.15) is 17.4 Å². The number of aromatic nitrogens is 2. The molecule has 0 radical (unpaired) electrons. The summed E-state index contributed by atoms with van der Waals surface area (Å²) in [5.74, 6) is -1.02. The maximum Gasteiger partial charge on any atom is 0.221 e. The van der Waals surface area contributed by atoms with E-state index in [2.05, 4.69) is 9.97 Å². The standard InChI is InChI=1S/C16H11F2N3O/c17-10-3-1-9(2-4-10)13-8-14(21-16(19)20-13)12-7-11(18)5-6-15(12)22/h1-8,22H,(H2,19,20,21). The minimum absolute atomic E-state index is 0.0273. The van der Waals surface area contributed by atoms with E-state index in [-0.39, 0.29) is 28.8 Å². The third kappa shape index (κ3) is 2.71. The predicted octanol–water partition coefficient (Wildman–Crippen LogP) is 3.38. The van der Waals surface area contributed by atoms with Gasteiger partial charge in [0.25, 0.3) is 0 Å². The number of phenols is 1. The highest BCUT2D eigenvalue weighted by molar-refractivity contribution is 5.72. The molecule has 0 bridgehead atoms. The summed E-state index contributed by atoms with van der Waals surface area (Å²) in [4.78, 5) is 8.10. The lowest BCUT2D eigenvalue weighted by Gasteiger charge is -2.08. The van der Waals surface area contributed by atoms with Crippen LogP contribution >= 0.6 is 0 Å². The highest BCUT2D eigenvalue weighted by Gasteiger charge is 2.11. The van der Waals surface area contributed by atoms with Crippen LogP contribution in [0.2, 0.25) is 0 Å². The van der Waals surface area contributed by atoms with Gasteiger partial charge >= 0.3 is 0 Å². The molecule has 1 heterocycles. The topological polar surface area (TPSA) is 72.0 Å². The van der Waals surface area contributed by atoms with E-state index in [1.54, 1.807) is 18.2 Å². The number of rotatable bonds is 2. The number of nitrogens with zero attached hydrogens (tertiary/aromatic N) is 2. The number of phenolic OH excluding ortho intramolecular Hbond substituents is 1. The first-order chi connectivity index (χ1) is 10.5. The summed E-state index contributed by atoms with van der Waals surface area (Å²) in [6, 6.07) is 10.8. The summed E-state index contributed by atoms with van der Waals surface area (Å²) in [6.45, 7) is 0. The number of aromatic hydroxyl groups is 1. The average molecular weight is 299 g/mol. The Labute approximate surface area is 124 Å². The highest BCUT2D eigenvalue weighted by atomic mass is 19.1. The fourth-order valence-electron chi connectivity index (χ4n) is 2.09. The predicted molar refractivity (Wildman–Crippen MR) is 78.9 cm³/mol. The van der Waals surface area contributed by atoms with Crippen molar-refractivity contribution < 1.29 is 13.9 Å². The molecule has 0 saturated heterocycles. The van der Waals surface area contributed by atoms with Gasteiger partial charge in [0, 0.05) is 11.1 Å². The first-order valence-corrected chi connectivity index (χ1v) is 6.42. The van der Waals surface area contributed by atoms with Crippen molar-refractivity contribution in [2.75, 3.05) is 5.73 Å². The molecule has 3 N–H and O–H groups in total. The summed E-state index contributed by atoms with van der Waals surface area (Å²) in [7, 11) is 0. The summed E-state index contributed by atoms with van der Waals surface area (Å²) in [5.41, 5.74) is 7.25. The van der Waals surface area contributed by atoms with Gasteiger partial charge in [-0.25, -0.2) is 18.7 Å². The zero-order valence-corrected chi connectivity index (χ0v) is 11.3. The van der Waals surface area contributed by atoms with E-state index in [1.807, 2.05) is 0 Å². The fourth-order valence-corrected chi connectivity index (χ4v) is 2.09. The first-order valence-electron chi connectivity index (χ1n) is 6.42. The Morgan fingerprint density at radius 1 is 0.818 bits per heavy atom. The van der Waals surface area contributed by atoms with Gasteiger partial charge in [0.05, 0.1) is 11.4 Å². The smallest absolute Gasteiger partial charge is 0.221 e. The van der Waals surface area contributed by atoms with Gasteiger partial charge in [-0.1, -0.05) is 0 Å². The Hall–Kier alpha value is -3.02. The Balaban J connectivity index is 2.14. The van der Waals surface area contributed by atoms with Crippen LogP contribution in [0.3, 0.4) is 0 Å². The molecular weight excluding hydrogens is 288 g/mol. The molecule has 0 aliphatic heterocycles. The summed E-state index contributed by atoms with van der Waals surface area (Å²) in [5, 5.41) is 9.86. The van der Waals surface area contributed by atoms with Crippen molar-refractivity contribution in [1.29, 1.82) is 0 Å². The summed E-state index contributed by atoms with van der Waals surface area (Å²) < 4.78 is 26.4. The van der Waals surface area contributed by atoms with Crippen LogP contribution in [0.4, 0.5) is 14.7 Å². The van der Waals surface area contributed by atoms with Crippen molar-refractivity contribution in [3.05, 3.63) is 60.2 Å². The lowest BCUT2D eigenvalue weighted by molar-refractivity contribution is 0.475. The number of halogens is 2. The van der Waals surface area contributed by atoms with Gasteiger partial charge in [-0.05, 0) is 48.5 Å². The van der Waals surface area contributed by atoms with E-state index in [4.69, 9.17) is 5.73 Å². The Morgan fingerprint density at radius 2 is 1.45 bits per heavy atom. The van der Waals surface area contributed by atoms with Crippen molar-refractivity contribution in [3.63, 3.8) is 0 Å². The summed E-state index contributed by atoms with van der Waals surface area (Å²) >= 11 is 0. The maximum absolute atomic E-state index is 13.4. The van der Waals surface area contributed by atoms with Crippen molar-refractivity contribution >= 4 is 5.95 Å². The molecule has 0 spiro atoms. The van der Waals surface area contributed by atoms with E-state index in [9.17, 15) is 13.9 Å². The minimum atomic E-state index is -0.506. The normalized spacial score (nSPS) is 10.6.